The fourth-order valence-corrected chi connectivity index (χ4v) is 3.52. The summed E-state index contributed by atoms with van der Waals surface area (Å²) in [4.78, 5) is 36.8. The summed E-state index contributed by atoms with van der Waals surface area (Å²) in [7, 11) is 0. The molecule has 0 radical (unpaired) electrons. The summed E-state index contributed by atoms with van der Waals surface area (Å²) in [6.45, 7) is 1.71. The molecule has 0 saturated heterocycles. The van der Waals surface area contributed by atoms with Gasteiger partial charge in [-0.3, -0.25) is 9.59 Å². The minimum Gasteiger partial charge on any atom is -0.452 e. The number of para-hydroxylation sites is 1. The van der Waals surface area contributed by atoms with Gasteiger partial charge in [0, 0.05) is 12.1 Å². The van der Waals surface area contributed by atoms with Crippen LogP contribution in [0.5, 0.6) is 0 Å². The van der Waals surface area contributed by atoms with Gasteiger partial charge in [0.25, 0.3) is 5.91 Å². The highest BCUT2D eigenvalue weighted by atomic mass is 19.1. The number of amides is 2. The number of halogens is 1. The summed E-state index contributed by atoms with van der Waals surface area (Å²) in [6.07, 6.45) is 10.9. The van der Waals surface area contributed by atoms with Crippen molar-refractivity contribution in [3.8, 4) is 0 Å². The molecule has 2 aromatic carbocycles. The molecular formula is C27H35FN2O4. The first-order valence-corrected chi connectivity index (χ1v) is 12.1. The summed E-state index contributed by atoms with van der Waals surface area (Å²) in [5.41, 5.74) is 0.927. The molecule has 0 aliphatic carbocycles. The highest BCUT2D eigenvalue weighted by molar-refractivity contribution is 6.02. The van der Waals surface area contributed by atoms with Crippen LogP contribution in [-0.4, -0.2) is 24.4 Å². The smallest absolute Gasteiger partial charge is 0.340 e. The number of carbonyl (C=O) groups excluding carboxylic acids is 3. The van der Waals surface area contributed by atoms with Gasteiger partial charge in [0.15, 0.2) is 6.61 Å². The van der Waals surface area contributed by atoms with Crippen molar-refractivity contribution >= 4 is 29.2 Å². The number of nitrogens with one attached hydrogen (secondary N) is 2. The van der Waals surface area contributed by atoms with Crippen molar-refractivity contribution in [3.63, 3.8) is 0 Å². The molecule has 0 unspecified atom stereocenters. The Balaban J connectivity index is 1.72. The van der Waals surface area contributed by atoms with E-state index in [0.717, 1.165) is 19.3 Å². The number of benzene rings is 2. The number of hydrogen-bond acceptors (Lipinski definition) is 4. The number of unbranched alkanes of at least 4 members (excludes halogenated alkanes) is 8. The molecular weight excluding hydrogens is 435 g/mol. The van der Waals surface area contributed by atoms with Gasteiger partial charge in [-0.2, -0.15) is 0 Å². The van der Waals surface area contributed by atoms with Gasteiger partial charge in [-0.05, 0) is 42.8 Å². The van der Waals surface area contributed by atoms with Crippen LogP contribution in [0.2, 0.25) is 0 Å². The third-order valence-electron chi connectivity index (χ3n) is 5.39. The monoisotopic (exact) mass is 470 g/mol. The molecule has 184 valence electrons. The minimum atomic E-state index is -0.715. The quantitative estimate of drug-likeness (QED) is 0.230. The molecule has 2 rings (SSSR count). The molecule has 6 nitrogen and oxygen atoms in total. The average Bonchev–Trinajstić information content (AvgIpc) is 2.83. The van der Waals surface area contributed by atoms with Crippen LogP contribution in [0.1, 0.15) is 81.5 Å². The van der Waals surface area contributed by atoms with Crippen molar-refractivity contribution in [2.24, 2.45) is 0 Å². The van der Waals surface area contributed by atoms with Crippen molar-refractivity contribution in [2.45, 2.75) is 71.1 Å². The lowest BCUT2D eigenvalue weighted by Crippen LogP contribution is -2.22. The fraction of sp³-hybridized carbons (Fsp3) is 0.444. The van der Waals surface area contributed by atoms with E-state index in [2.05, 4.69) is 17.6 Å². The summed E-state index contributed by atoms with van der Waals surface area (Å²) >= 11 is 0. The second-order valence-electron chi connectivity index (χ2n) is 8.30. The van der Waals surface area contributed by atoms with E-state index in [4.69, 9.17) is 4.74 Å². The van der Waals surface area contributed by atoms with Crippen molar-refractivity contribution in [2.75, 3.05) is 17.2 Å². The second kappa shape index (κ2) is 15.6. The van der Waals surface area contributed by atoms with Crippen LogP contribution in [0.3, 0.4) is 0 Å². The van der Waals surface area contributed by atoms with Crippen molar-refractivity contribution in [1.82, 2.24) is 0 Å². The van der Waals surface area contributed by atoms with Gasteiger partial charge in [-0.15, -0.1) is 0 Å². The Morgan fingerprint density at radius 2 is 1.38 bits per heavy atom. The predicted molar refractivity (Wildman–Crippen MR) is 132 cm³/mol. The van der Waals surface area contributed by atoms with E-state index in [1.54, 1.807) is 18.2 Å². The largest absolute Gasteiger partial charge is 0.452 e. The first kappa shape index (κ1) is 27.0. The highest BCUT2D eigenvalue weighted by Crippen LogP contribution is 2.18. The number of esters is 1. The molecule has 2 N–H and O–H groups in total. The van der Waals surface area contributed by atoms with E-state index < -0.39 is 24.3 Å². The van der Waals surface area contributed by atoms with E-state index in [1.165, 1.54) is 68.9 Å². The minimum absolute atomic E-state index is 0.155. The van der Waals surface area contributed by atoms with E-state index in [-0.39, 0.29) is 11.5 Å². The van der Waals surface area contributed by atoms with Gasteiger partial charge >= 0.3 is 5.97 Å². The lowest BCUT2D eigenvalue weighted by molar-refractivity contribution is -0.119. The van der Waals surface area contributed by atoms with Crippen LogP contribution in [0.25, 0.3) is 0 Å². The Kier molecular flexibility index (Phi) is 12.4. The van der Waals surface area contributed by atoms with E-state index in [0.29, 0.717) is 17.8 Å². The van der Waals surface area contributed by atoms with Gasteiger partial charge in [0.05, 0.1) is 11.3 Å². The predicted octanol–water partition coefficient (Wildman–Crippen LogP) is 6.48. The zero-order valence-electron chi connectivity index (χ0n) is 19.9. The maximum atomic E-state index is 12.9. The first-order chi connectivity index (χ1) is 16.5. The lowest BCUT2D eigenvalue weighted by Gasteiger charge is -2.11. The van der Waals surface area contributed by atoms with Gasteiger partial charge in [-0.1, -0.05) is 70.4 Å². The fourth-order valence-electron chi connectivity index (χ4n) is 3.52. The third-order valence-corrected chi connectivity index (χ3v) is 5.39. The standard InChI is InChI=1S/C27H35FN2O4/c1-2-3-4-5-6-7-8-9-10-15-25(31)30-24-14-12-11-13-23(24)27(33)34-20-26(32)29-22-18-16-21(28)17-19-22/h11-14,16-19H,2-10,15,20H2,1H3,(H,29,32)(H,30,31). The van der Waals surface area contributed by atoms with E-state index in [9.17, 15) is 18.8 Å². The van der Waals surface area contributed by atoms with E-state index >= 15 is 0 Å². The van der Waals surface area contributed by atoms with Crippen LogP contribution in [0.15, 0.2) is 48.5 Å². The Labute approximate surface area is 201 Å². The Morgan fingerprint density at radius 3 is 2.06 bits per heavy atom. The molecule has 2 aromatic rings. The third kappa shape index (κ3) is 10.6. The van der Waals surface area contributed by atoms with Crippen molar-refractivity contribution in [3.05, 3.63) is 59.9 Å². The van der Waals surface area contributed by atoms with Gasteiger partial charge < -0.3 is 15.4 Å². The summed E-state index contributed by atoms with van der Waals surface area (Å²) in [5.74, 6) is -1.83. The topological polar surface area (TPSA) is 84.5 Å². The molecule has 0 atom stereocenters. The molecule has 0 heterocycles. The molecule has 0 aliphatic heterocycles. The van der Waals surface area contributed by atoms with Gasteiger partial charge in [0.2, 0.25) is 5.91 Å². The zero-order chi connectivity index (χ0) is 24.6. The Bertz CT molecular complexity index is 915. The van der Waals surface area contributed by atoms with Crippen LogP contribution in [0, 0.1) is 5.82 Å². The Hall–Kier alpha value is -3.22. The molecule has 0 spiro atoms. The first-order valence-electron chi connectivity index (χ1n) is 12.1. The van der Waals surface area contributed by atoms with Crippen LogP contribution >= 0.6 is 0 Å². The maximum absolute atomic E-state index is 12.9. The van der Waals surface area contributed by atoms with Gasteiger partial charge in [0.1, 0.15) is 5.82 Å². The second-order valence-corrected chi connectivity index (χ2v) is 8.30. The summed E-state index contributed by atoms with van der Waals surface area (Å²) < 4.78 is 18.0. The lowest BCUT2D eigenvalue weighted by atomic mass is 10.1. The van der Waals surface area contributed by atoms with Crippen molar-refractivity contribution in [1.29, 1.82) is 0 Å². The highest BCUT2D eigenvalue weighted by Gasteiger charge is 2.16. The van der Waals surface area contributed by atoms with Crippen LogP contribution in [-0.2, 0) is 14.3 Å². The zero-order valence-corrected chi connectivity index (χ0v) is 19.9. The number of rotatable bonds is 15. The molecule has 0 bridgehead atoms. The summed E-state index contributed by atoms with van der Waals surface area (Å²) in [5, 5.41) is 5.29. The molecule has 0 saturated carbocycles. The number of anilines is 2. The van der Waals surface area contributed by atoms with Gasteiger partial charge in [-0.25, -0.2) is 9.18 Å². The number of ether oxygens (including phenoxy) is 1. The average molecular weight is 471 g/mol. The molecule has 2 amide bonds. The number of carbonyl (C=O) groups is 3. The van der Waals surface area contributed by atoms with Crippen LogP contribution < -0.4 is 10.6 Å². The van der Waals surface area contributed by atoms with Crippen molar-refractivity contribution < 1.29 is 23.5 Å². The molecule has 34 heavy (non-hydrogen) atoms. The van der Waals surface area contributed by atoms with E-state index in [1.807, 2.05) is 0 Å². The van der Waals surface area contributed by atoms with Crippen LogP contribution in [0.4, 0.5) is 15.8 Å². The molecule has 0 aromatic heterocycles. The maximum Gasteiger partial charge on any atom is 0.340 e. The molecule has 0 aliphatic rings. The number of hydrogen-bond donors (Lipinski definition) is 2. The SMILES string of the molecule is CCCCCCCCCCCC(=O)Nc1ccccc1C(=O)OCC(=O)Nc1ccc(F)cc1. The molecule has 0 fully saturated rings. The normalized spacial score (nSPS) is 10.5. The Morgan fingerprint density at radius 1 is 0.765 bits per heavy atom. The summed E-state index contributed by atoms with van der Waals surface area (Å²) in [6, 6.07) is 11.8. The molecule has 7 heteroatoms.